The van der Waals surface area contributed by atoms with Crippen LogP contribution in [0.25, 0.3) is 0 Å². The molecule has 0 bridgehead atoms. The highest BCUT2D eigenvalue weighted by Crippen LogP contribution is 2.41. The van der Waals surface area contributed by atoms with Crippen molar-refractivity contribution in [1.82, 2.24) is 15.1 Å². The maximum Gasteiger partial charge on any atom is 0.231 e. The lowest BCUT2D eigenvalue weighted by molar-refractivity contribution is 0.174. The number of thiocarbonyl (C=S) groups is 1. The van der Waals surface area contributed by atoms with Gasteiger partial charge in [0.15, 0.2) is 22.7 Å². The quantitative estimate of drug-likeness (QED) is 0.656. The monoisotopic (exact) mass is 485 g/mol. The van der Waals surface area contributed by atoms with Crippen molar-refractivity contribution in [3.63, 3.8) is 0 Å². The van der Waals surface area contributed by atoms with E-state index >= 15 is 0 Å². The smallest absolute Gasteiger partial charge is 0.231 e. The molecule has 0 radical (unpaired) electrons. The second kappa shape index (κ2) is 9.07. The van der Waals surface area contributed by atoms with E-state index in [1.165, 1.54) is 0 Å². The first-order valence-electron chi connectivity index (χ1n) is 10.8. The van der Waals surface area contributed by atoms with Crippen LogP contribution in [0, 0.1) is 0 Å². The van der Waals surface area contributed by atoms with Crippen molar-refractivity contribution in [3.8, 4) is 17.2 Å². The van der Waals surface area contributed by atoms with Crippen LogP contribution in [-0.4, -0.2) is 66.2 Å². The molecule has 2 aromatic carbocycles. The molecule has 4 aliphatic rings. The normalized spacial score (nSPS) is 22.0. The summed E-state index contributed by atoms with van der Waals surface area (Å²) in [6, 6.07) is 14.1. The van der Waals surface area contributed by atoms with Crippen molar-refractivity contribution in [2.45, 2.75) is 18.7 Å². The summed E-state index contributed by atoms with van der Waals surface area (Å²) in [6.07, 6.45) is 1.52. The van der Waals surface area contributed by atoms with E-state index in [1.54, 1.807) is 6.34 Å². The van der Waals surface area contributed by atoms with Gasteiger partial charge in [-0.2, -0.15) is 0 Å². The topological polar surface area (TPSA) is 70.9 Å². The first kappa shape index (κ1) is 21.8. The summed E-state index contributed by atoms with van der Waals surface area (Å²) in [5, 5.41) is 4.13. The van der Waals surface area contributed by atoms with Gasteiger partial charge in [-0.1, -0.05) is 24.3 Å². The predicted molar refractivity (Wildman–Crippen MR) is 132 cm³/mol. The Morgan fingerprint density at radius 1 is 1.03 bits per heavy atom. The Labute approximate surface area is 203 Å². The number of nitrogens with zero attached hydrogens (tertiary/aromatic N) is 4. The van der Waals surface area contributed by atoms with E-state index < -0.39 is 0 Å². The number of benzene rings is 2. The van der Waals surface area contributed by atoms with Crippen molar-refractivity contribution < 1.29 is 14.2 Å². The van der Waals surface area contributed by atoms with E-state index in [9.17, 15) is 0 Å². The largest absolute Gasteiger partial charge is 0.479 e. The molecule has 4 aliphatic heterocycles. The molecule has 1 saturated heterocycles. The minimum absolute atomic E-state index is 0. The van der Waals surface area contributed by atoms with E-state index in [2.05, 4.69) is 31.2 Å². The minimum Gasteiger partial charge on any atom is -0.479 e. The van der Waals surface area contributed by atoms with Gasteiger partial charge in [-0.25, -0.2) is 4.99 Å². The number of piperazine rings is 1. The maximum atomic E-state index is 6.21. The summed E-state index contributed by atoms with van der Waals surface area (Å²) >= 11 is 5.65. The van der Waals surface area contributed by atoms with Gasteiger partial charge in [0.25, 0.3) is 0 Å². The van der Waals surface area contributed by atoms with Crippen molar-refractivity contribution in [1.29, 1.82) is 0 Å². The third kappa shape index (κ3) is 4.06. The second-order valence-corrected chi connectivity index (χ2v) is 8.48. The molecular formula is C23H24ClN5O3S. The number of hydrogen-bond acceptors (Lipinski definition) is 7. The minimum atomic E-state index is -0.153. The fraction of sp³-hybridized carbons (Fsp3) is 0.348. The van der Waals surface area contributed by atoms with Crippen molar-refractivity contribution in [2.24, 2.45) is 9.98 Å². The highest BCUT2D eigenvalue weighted by atomic mass is 35.5. The molecule has 172 valence electrons. The third-order valence-corrected chi connectivity index (χ3v) is 6.62. The van der Waals surface area contributed by atoms with Crippen LogP contribution in [0.4, 0.5) is 0 Å². The average molecular weight is 486 g/mol. The molecule has 0 amide bonds. The fourth-order valence-electron chi connectivity index (χ4n) is 4.53. The zero-order valence-corrected chi connectivity index (χ0v) is 19.5. The van der Waals surface area contributed by atoms with E-state index in [-0.39, 0.29) is 31.3 Å². The number of fused-ring (bicyclic) bond motifs is 4. The number of aliphatic imine (C=N–C) groups is 2. The number of hydrogen-bond donors (Lipinski definition) is 1. The molecule has 6 rings (SSSR count). The van der Waals surface area contributed by atoms with Crippen LogP contribution in [0.2, 0.25) is 0 Å². The van der Waals surface area contributed by atoms with E-state index in [0.29, 0.717) is 6.54 Å². The van der Waals surface area contributed by atoms with Crippen LogP contribution >= 0.6 is 24.6 Å². The zero-order valence-electron chi connectivity index (χ0n) is 17.8. The van der Waals surface area contributed by atoms with Gasteiger partial charge < -0.3 is 29.3 Å². The van der Waals surface area contributed by atoms with Crippen LogP contribution in [0.3, 0.4) is 0 Å². The summed E-state index contributed by atoms with van der Waals surface area (Å²) < 4.78 is 17.0. The molecule has 1 fully saturated rings. The summed E-state index contributed by atoms with van der Waals surface area (Å²) in [5.41, 5.74) is 2.24. The molecule has 10 heteroatoms. The summed E-state index contributed by atoms with van der Waals surface area (Å²) in [6.45, 7) is 4.25. The molecule has 4 heterocycles. The Morgan fingerprint density at radius 3 is 2.73 bits per heavy atom. The van der Waals surface area contributed by atoms with Gasteiger partial charge >= 0.3 is 0 Å². The second-order valence-electron chi connectivity index (χ2n) is 8.09. The molecule has 0 aliphatic carbocycles. The number of amidine groups is 1. The maximum absolute atomic E-state index is 6.21. The van der Waals surface area contributed by atoms with E-state index in [0.717, 1.165) is 65.5 Å². The number of halogens is 1. The molecule has 2 aromatic rings. The molecule has 1 N–H and O–H groups in total. The van der Waals surface area contributed by atoms with Gasteiger partial charge in [-0.3, -0.25) is 4.99 Å². The van der Waals surface area contributed by atoms with Crippen molar-refractivity contribution in [3.05, 3.63) is 53.6 Å². The van der Waals surface area contributed by atoms with Gasteiger partial charge in [0, 0.05) is 38.3 Å². The standard InChI is InChI=1S/C23H23N5O3S.ClH/c32-23(24-12-15-5-6-18-19(11-15)30-14-29-18)28-9-7-27(8-10-28)22-21-20(25-13-26-22)16-3-1-2-4-17(16)31-21;/h1-6,11,13,20-21H,7-10,12,14H2,(H,24,32);1H. The molecule has 2 unspecified atom stereocenters. The number of nitrogens with one attached hydrogen (secondary N) is 1. The van der Waals surface area contributed by atoms with Crippen LogP contribution < -0.4 is 19.5 Å². The summed E-state index contributed by atoms with van der Waals surface area (Å²) in [4.78, 5) is 13.7. The summed E-state index contributed by atoms with van der Waals surface area (Å²) in [5.74, 6) is 3.44. The lowest BCUT2D eigenvalue weighted by Crippen LogP contribution is -2.56. The Kier molecular flexibility index (Phi) is 5.99. The lowest BCUT2D eigenvalue weighted by atomic mass is 10.0. The number of para-hydroxylation sites is 1. The Hall–Kier alpha value is -3.04. The van der Waals surface area contributed by atoms with Gasteiger partial charge in [0.1, 0.15) is 24.0 Å². The third-order valence-electron chi connectivity index (χ3n) is 6.22. The molecule has 0 spiro atoms. The molecule has 2 atom stereocenters. The Balaban J connectivity index is 0.00000228. The number of rotatable bonds is 2. The highest BCUT2D eigenvalue weighted by molar-refractivity contribution is 7.80. The molecule has 0 saturated carbocycles. The fourth-order valence-corrected chi connectivity index (χ4v) is 4.78. The first-order chi connectivity index (χ1) is 15.8. The average Bonchev–Trinajstić information content (AvgIpc) is 3.46. The van der Waals surface area contributed by atoms with Gasteiger partial charge in [0.2, 0.25) is 6.79 Å². The molecule has 33 heavy (non-hydrogen) atoms. The molecular weight excluding hydrogens is 462 g/mol. The van der Waals surface area contributed by atoms with Crippen LogP contribution in [0.15, 0.2) is 52.4 Å². The van der Waals surface area contributed by atoms with Gasteiger partial charge in [-0.05, 0) is 36.0 Å². The molecule has 0 aromatic heterocycles. The van der Waals surface area contributed by atoms with Gasteiger partial charge in [-0.15, -0.1) is 12.4 Å². The summed E-state index contributed by atoms with van der Waals surface area (Å²) in [7, 11) is 0. The van der Waals surface area contributed by atoms with E-state index in [1.807, 2.05) is 36.4 Å². The predicted octanol–water partition coefficient (Wildman–Crippen LogP) is 2.77. The number of ether oxygens (including phenoxy) is 3. The lowest BCUT2D eigenvalue weighted by Gasteiger charge is -2.39. The van der Waals surface area contributed by atoms with Crippen molar-refractivity contribution in [2.75, 3.05) is 33.0 Å². The SMILES string of the molecule is Cl.S=C(NCc1ccc2c(c1)OCO2)N1CCN(C2=NC=NC3c4ccccc4OC23)CC1. The van der Waals surface area contributed by atoms with E-state index in [4.69, 9.17) is 26.4 Å². The Morgan fingerprint density at radius 2 is 1.85 bits per heavy atom. The Bertz CT molecular complexity index is 1120. The first-order valence-corrected chi connectivity index (χ1v) is 11.2. The van der Waals surface area contributed by atoms with Crippen LogP contribution in [-0.2, 0) is 6.54 Å². The zero-order chi connectivity index (χ0) is 21.5. The highest BCUT2D eigenvalue weighted by Gasteiger charge is 2.41. The molecule has 8 nitrogen and oxygen atoms in total. The van der Waals surface area contributed by atoms with Crippen LogP contribution in [0.5, 0.6) is 17.2 Å². The van der Waals surface area contributed by atoms with Crippen molar-refractivity contribution >= 4 is 41.9 Å². The van der Waals surface area contributed by atoms with Crippen LogP contribution in [0.1, 0.15) is 17.2 Å². The van der Waals surface area contributed by atoms with Gasteiger partial charge in [0.05, 0.1) is 0 Å².